The Morgan fingerprint density at radius 1 is 0.923 bits per heavy atom. The van der Waals surface area contributed by atoms with Crippen molar-refractivity contribution in [3.63, 3.8) is 0 Å². The van der Waals surface area contributed by atoms with Gasteiger partial charge in [-0.3, -0.25) is 0 Å². The van der Waals surface area contributed by atoms with Crippen molar-refractivity contribution < 1.29 is 18.6 Å². The van der Waals surface area contributed by atoms with E-state index in [9.17, 15) is 4.79 Å². The molecule has 3 aromatic rings. The molecule has 5 rings (SSSR count). The fraction of sp³-hybridized carbons (Fsp3) is 0.250. The molecule has 0 radical (unpaired) electrons. The van der Waals surface area contributed by atoms with Gasteiger partial charge in [0.1, 0.15) is 11.3 Å². The molecule has 0 spiro atoms. The van der Waals surface area contributed by atoms with Gasteiger partial charge in [0.2, 0.25) is 6.79 Å². The van der Waals surface area contributed by atoms with Crippen LogP contribution in [0.4, 0.5) is 5.69 Å². The van der Waals surface area contributed by atoms with Crippen LogP contribution in [0.3, 0.4) is 0 Å². The third-order valence-electron chi connectivity index (χ3n) is 5.13. The Kier molecular flexibility index (Phi) is 3.16. The van der Waals surface area contributed by atoms with Crippen molar-refractivity contribution in [1.29, 1.82) is 0 Å². The highest BCUT2D eigenvalue weighted by molar-refractivity contribution is 5.86. The van der Waals surface area contributed by atoms with Crippen molar-refractivity contribution in [2.24, 2.45) is 0 Å². The summed E-state index contributed by atoms with van der Waals surface area (Å²) < 4.78 is 22.4. The van der Waals surface area contributed by atoms with E-state index in [0.717, 1.165) is 39.4 Å². The second-order valence-corrected chi connectivity index (χ2v) is 6.57. The molecule has 26 heavy (non-hydrogen) atoms. The summed E-state index contributed by atoms with van der Waals surface area (Å²) in [4.78, 5) is 14.2. The first-order chi connectivity index (χ1) is 12.6. The van der Waals surface area contributed by atoms with E-state index >= 15 is 0 Å². The van der Waals surface area contributed by atoms with Crippen LogP contribution in [0.2, 0.25) is 0 Å². The molecule has 6 heteroatoms. The van der Waals surface area contributed by atoms with Gasteiger partial charge in [-0.05, 0) is 43.7 Å². The van der Waals surface area contributed by atoms with Crippen LogP contribution in [0.15, 0.2) is 39.5 Å². The third kappa shape index (κ3) is 2.15. The molecular weight excluding hydrogens is 334 g/mol. The van der Waals surface area contributed by atoms with Gasteiger partial charge in [0.15, 0.2) is 18.2 Å². The first-order valence-electron chi connectivity index (χ1n) is 8.45. The summed E-state index contributed by atoms with van der Waals surface area (Å²) in [5, 5.41) is 0.942. The third-order valence-corrected chi connectivity index (χ3v) is 5.13. The Morgan fingerprint density at radius 3 is 2.62 bits per heavy atom. The second kappa shape index (κ2) is 5.42. The molecule has 0 bridgehead atoms. The first-order valence-corrected chi connectivity index (χ1v) is 8.45. The predicted octanol–water partition coefficient (Wildman–Crippen LogP) is 3.50. The average molecular weight is 351 g/mol. The highest BCUT2D eigenvalue weighted by Crippen LogP contribution is 2.39. The number of rotatable bonds is 1. The molecular formula is C20H17NO5. The molecule has 0 aliphatic carbocycles. The lowest BCUT2D eigenvalue weighted by molar-refractivity contribution is 0.174. The van der Waals surface area contributed by atoms with E-state index in [2.05, 4.69) is 4.90 Å². The van der Waals surface area contributed by atoms with Gasteiger partial charge in [0.05, 0.1) is 12.1 Å². The number of fused-ring (bicyclic) bond motifs is 4. The van der Waals surface area contributed by atoms with Gasteiger partial charge >= 0.3 is 5.63 Å². The zero-order chi connectivity index (χ0) is 17.8. The maximum Gasteiger partial charge on any atom is 0.339 e. The van der Waals surface area contributed by atoms with Crippen LogP contribution in [0.25, 0.3) is 11.0 Å². The minimum absolute atomic E-state index is 0.243. The van der Waals surface area contributed by atoms with Crippen LogP contribution in [-0.2, 0) is 6.54 Å². The van der Waals surface area contributed by atoms with Gasteiger partial charge in [-0.25, -0.2) is 4.79 Å². The SMILES string of the molecule is Cc1c(C)c2ccc3c(c2oc1=O)CN(c1ccc2c(c1)OCO2)CO3. The number of nitrogens with zero attached hydrogens (tertiary/aromatic N) is 1. The Hall–Kier alpha value is -3.15. The van der Waals surface area contributed by atoms with Crippen molar-refractivity contribution in [3.05, 3.63) is 57.4 Å². The molecule has 0 unspecified atom stereocenters. The van der Waals surface area contributed by atoms with E-state index in [-0.39, 0.29) is 12.4 Å². The highest BCUT2D eigenvalue weighted by Gasteiger charge is 2.24. The first kappa shape index (κ1) is 15.1. The number of hydrogen-bond donors (Lipinski definition) is 0. The Balaban J connectivity index is 1.61. The summed E-state index contributed by atoms with van der Waals surface area (Å²) >= 11 is 0. The van der Waals surface area contributed by atoms with E-state index in [0.29, 0.717) is 24.4 Å². The highest BCUT2D eigenvalue weighted by atomic mass is 16.7. The van der Waals surface area contributed by atoms with Crippen molar-refractivity contribution in [3.8, 4) is 17.2 Å². The summed E-state index contributed by atoms with van der Waals surface area (Å²) in [6.07, 6.45) is 0. The average Bonchev–Trinajstić information content (AvgIpc) is 3.13. The van der Waals surface area contributed by atoms with E-state index in [1.54, 1.807) is 6.92 Å². The van der Waals surface area contributed by atoms with Gasteiger partial charge in [-0.1, -0.05) is 0 Å². The molecule has 0 amide bonds. The Morgan fingerprint density at radius 2 is 1.73 bits per heavy atom. The van der Waals surface area contributed by atoms with Crippen LogP contribution in [0.1, 0.15) is 16.7 Å². The number of ether oxygens (including phenoxy) is 3. The lowest BCUT2D eigenvalue weighted by Crippen LogP contribution is -2.32. The molecule has 0 fully saturated rings. The van der Waals surface area contributed by atoms with Crippen molar-refractivity contribution >= 4 is 16.7 Å². The largest absolute Gasteiger partial charge is 0.473 e. The van der Waals surface area contributed by atoms with Crippen LogP contribution in [0.5, 0.6) is 17.2 Å². The zero-order valence-corrected chi connectivity index (χ0v) is 14.5. The van der Waals surface area contributed by atoms with Crippen LogP contribution < -0.4 is 24.7 Å². The molecule has 0 N–H and O–H groups in total. The normalized spacial score (nSPS) is 15.1. The van der Waals surface area contributed by atoms with Gasteiger partial charge in [-0.15, -0.1) is 0 Å². The monoisotopic (exact) mass is 351 g/mol. The number of anilines is 1. The fourth-order valence-electron chi connectivity index (χ4n) is 3.46. The quantitative estimate of drug-likeness (QED) is 0.626. The smallest absolute Gasteiger partial charge is 0.339 e. The maximum atomic E-state index is 12.2. The molecule has 0 saturated carbocycles. The number of aryl methyl sites for hydroxylation is 1. The number of hydrogen-bond acceptors (Lipinski definition) is 6. The van der Waals surface area contributed by atoms with Crippen molar-refractivity contribution in [1.82, 2.24) is 0 Å². The van der Waals surface area contributed by atoms with E-state index in [1.165, 1.54) is 0 Å². The van der Waals surface area contributed by atoms with Crippen LogP contribution in [-0.4, -0.2) is 13.5 Å². The predicted molar refractivity (Wildman–Crippen MR) is 96.2 cm³/mol. The molecule has 6 nitrogen and oxygen atoms in total. The molecule has 0 saturated heterocycles. The lowest BCUT2D eigenvalue weighted by atomic mass is 10.0. The summed E-state index contributed by atoms with van der Waals surface area (Å²) in [6, 6.07) is 9.70. The summed E-state index contributed by atoms with van der Waals surface area (Å²) in [6.45, 7) is 4.97. The Labute approximate surface area is 149 Å². The van der Waals surface area contributed by atoms with Gasteiger partial charge < -0.3 is 23.5 Å². The number of benzene rings is 2. The van der Waals surface area contributed by atoms with Crippen LogP contribution in [0, 0.1) is 13.8 Å². The molecule has 1 aromatic heterocycles. The zero-order valence-electron chi connectivity index (χ0n) is 14.5. The molecule has 2 aromatic carbocycles. The summed E-state index contributed by atoms with van der Waals surface area (Å²) in [7, 11) is 0. The minimum atomic E-state index is -0.302. The molecule has 2 aliphatic heterocycles. The second-order valence-electron chi connectivity index (χ2n) is 6.57. The topological polar surface area (TPSA) is 61.1 Å². The molecule has 0 atom stereocenters. The minimum Gasteiger partial charge on any atom is -0.473 e. The van der Waals surface area contributed by atoms with Crippen molar-refractivity contribution in [2.75, 3.05) is 18.4 Å². The van der Waals surface area contributed by atoms with E-state index < -0.39 is 0 Å². The van der Waals surface area contributed by atoms with Crippen LogP contribution >= 0.6 is 0 Å². The Bertz CT molecular complexity index is 1100. The fourth-order valence-corrected chi connectivity index (χ4v) is 3.46. The summed E-state index contributed by atoms with van der Waals surface area (Å²) in [5.74, 6) is 2.22. The van der Waals surface area contributed by atoms with Gasteiger partial charge in [0.25, 0.3) is 0 Å². The maximum absolute atomic E-state index is 12.2. The summed E-state index contributed by atoms with van der Waals surface area (Å²) in [5.41, 5.74) is 3.72. The van der Waals surface area contributed by atoms with Gasteiger partial charge in [-0.2, -0.15) is 0 Å². The molecule has 3 heterocycles. The standard InChI is InChI=1S/C20H17NO5/c1-11-12(2)20(22)26-19-14(11)4-6-16-15(19)8-21(9-23-16)13-3-5-17-18(7-13)25-10-24-17/h3-7H,8-10H2,1-2H3. The van der Waals surface area contributed by atoms with E-state index in [4.69, 9.17) is 18.6 Å². The van der Waals surface area contributed by atoms with Crippen molar-refractivity contribution in [2.45, 2.75) is 20.4 Å². The van der Waals surface area contributed by atoms with E-state index in [1.807, 2.05) is 37.3 Å². The lowest BCUT2D eigenvalue weighted by Gasteiger charge is -2.31. The van der Waals surface area contributed by atoms with Gasteiger partial charge in [0, 0.05) is 22.7 Å². The molecule has 2 aliphatic rings. The molecule has 132 valence electrons.